The number of carbonyl (C=O) groups is 1. The molecule has 1 aromatic carbocycles. The fourth-order valence-corrected chi connectivity index (χ4v) is 2.35. The number of halogens is 1. The van der Waals surface area contributed by atoms with Crippen molar-refractivity contribution in [3.8, 4) is 5.75 Å². The average Bonchev–Trinajstić information content (AvgIpc) is 3.39. The number of ether oxygens (including phenoxy) is 1. The van der Waals surface area contributed by atoms with Gasteiger partial charge in [0.15, 0.2) is 12.6 Å². The highest BCUT2D eigenvalue weighted by atomic mass is 127. The molecular weight excluding hydrogens is 431 g/mol. The molecule has 6 nitrogen and oxygen atoms in total. The van der Waals surface area contributed by atoms with Crippen LogP contribution in [0.25, 0.3) is 0 Å². The van der Waals surface area contributed by atoms with Gasteiger partial charge in [-0.1, -0.05) is 12.1 Å². The number of nitrogens with two attached hydrogens (primary N) is 1. The van der Waals surface area contributed by atoms with Crippen molar-refractivity contribution < 1.29 is 9.53 Å². The van der Waals surface area contributed by atoms with Crippen LogP contribution in [0.15, 0.2) is 29.3 Å². The van der Waals surface area contributed by atoms with Gasteiger partial charge in [-0.25, -0.2) is 0 Å². The second-order valence-corrected chi connectivity index (χ2v) is 5.94. The number of amides is 1. The Bertz CT molecular complexity index is 555. The van der Waals surface area contributed by atoms with Gasteiger partial charge in [0.25, 0.3) is 5.91 Å². The third-order valence-electron chi connectivity index (χ3n) is 4.00. The van der Waals surface area contributed by atoms with E-state index in [1.165, 1.54) is 5.56 Å². The number of carbonyl (C=O) groups excluding carboxylic acids is 1. The molecule has 2 rings (SSSR count). The van der Waals surface area contributed by atoms with E-state index in [1.54, 1.807) is 0 Å². The molecule has 0 radical (unpaired) electrons. The zero-order chi connectivity index (χ0) is 17.4. The molecular formula is C18H29IN4O2. The van der Waals surface area contributed by atoms with E-state index in [1.807, 2.05) is 29.2 Å². The summed E-state index contributed by atoms with van der Waals surface area (Å²) < 4.78 is 5.49. The molecule has 0 bridgehead atoms. The summed E-state index contributed by atoms with van der Waals surface area (Å²) in [5.41, 5.74) is 7.12. The summed E-state index contributed by atoms with van der Waals surface area (Å²) in [6, 6.07) is 8.14. The first kappa shape index (κ1) is 21.5. The third-order valence-corrected chi connectivity index (χ3v) is 4.00. The van der Waals surface area contributed by atoms with Crippen molar-refractivity contribution in [2.75, 3.05) is 26.2 Å². The van der Waals surface area contributed by atoms with Gasteiger partial charge in [0.05, 0.1) is 0 Å². The maximum absolute atomic E-state index is 11.6. The number of guanidine groups is 1. The highest BCUT2D eigenvalue weighted by Gasteiger charge is 2.23. The van der Waals surface area contributed by atoms with Crippen molar-refractivity contribution in [1.29, 1.82) is 0 Å². The molecule has 25 heavy (non-hydrogen) atoms. The summed E-state index contributed by atoms with van der Waals surface area (Å²) in [5, 5.41) is 2.90. The molecule has 1 fully saturated rings. The Kier molecular flexibility index (Phi) is 9.62. The molecule has 0 aromatic heterocycles. The second-order valence-electron chi connectivity index (χ2n) is 5.94. The van der Waals surface area contributed by atoms with Gasteiger partial charge in [-0.05, 0) is 50.8 Å². The van der Waals surface area contributed by atoms with E-state index in [-0.39, 0.29) is 36.5 Å². The SMILES string of the molecule is CCN(CC)C(N)=NCCc1ccc(OCC(=O)NC2CC2)cc1.I. The van der Waals surface area contributed by atoms with E-state index in [2.05, 4.69) is 24.2 Å². The van der Waals surface area contributed by atoms with Crippen molar-refractivity contribution in [3.63, 3.8) is 0 Å². The minimum Gasteiger partial charge on any atom is -0.484 e. The second kappa shape index (κ2) is 11.2. The molecule has 0 atom stereocenters. The van der Waals surface area contributed by atoms with Gasteiger partial charge >= 0.3 is 0 Å². The van der Waals surface area contributed by atoms with E-state index in [4.69, 9.17) is 10.5 Å². The molecule has 7 heteroatoms. The number of rotatable bonds is 9. The third kappa shape index (κ3) is 7.94. The number of nitrogens with zero attached hydrogens (tertiary/aromatic N) is 2. The van der Waals surface area contributed by atoms with Gasteiger partial charge in [0.2, 0.25) is 0 Å². The zero-order valence-electron chi connectivity index (χ0n) is 15.0. The number of hydrogen-bond donors (Lipinski definition) is 2. The first-order valence-corrected chi connectivity index (χ1v) is 8.68. The Balaban J connectivity index is 0.00000312. The minimum atomic E-state index is -0.0530. The van der Waals surface area contributed by atoms with Crippen molar-refractivity contribution >= 4 is 35.8 Å². The normalized spacial score (nSPS) is 13.8. The van der Waals surface area contributed by atoms with Crippen LogP contribution < -0.4 is 15.8 Å². The summed E-state index contributed by atoms with van der Waals surface area (Å²) in [4.78, 5) is 18.0. The number of nitrogens with one attached hydrogen (secondary N) is 1. The molecule has 3 N–H and O–H groups in total. The Hall–Kier alpha value is -1.51. The average molecular weight is 460 g/mol. The first-order valence-electron chi connectivity index (χ1n) is 8.68. The summed E-state index contributed by atoms with van der Waals surface area (Å²) in [5.74, 6) is 1.25. The van der Waals surface area contributed by atoms with Crippen LogP contribution in [0.1, 0.15) is 32.3 Å². The van der Waals surface area contributed by atoms with Crippen molar-refractivity contribution in [2.45, 2.75) is 39.2 Å². The predicted octanol–water partition coefficient (Wildman–Crippen LogP) is 2.16. The smallest absolute Gasteiger partial charge is 0.258 e. The molecule has 0 heterocycles. The predicted molar refractivity (Wildman–Crippen MR) is 112 cm³/mol. The Morgan fingerprint density at radius 1 is 1.28 bits per heavy atom. The maximum Gasteiger partial charge on any atom is 0.258 e. The molecule has 1 aromatic rings. The van der Waals surface area contributed by atoms with Crippen molar-refractivity contribution in [1.82, 2.24) is 10.2 Å². The Morgan fingerprint density at radius 2 is 1.92 bits per heavy atom. The monoisotopic (exact) mass is 460 g/mol. The summed E-state index contributed by atoms with van der Waals surface area (Å²) in [6.45, 7) is 6.59. The Labute approximate surface area is 167 Å². The van der Waals surface area contributed by atoms with Crippen LogP contribution in [0.3, 0.4) is 0 Å². The highest BCUT2D eigenvalue weighted by molar-refractivity contribution is 14.0. The van der Waals surface area contributed by atoms with Crippen LogP contribution in [0.4, 0.5) is 0 Å². The number of aliphatic imine (C=N–C) groups is 1. The van der Waals surface area contributed by atoms with Crippen molar-refractivity contribution in [2.24, 2.45) is 10.7 Å². The van der Waals surface area contributed by atoms with Gasteiger partial charge in [0, 0.05) is 25.7 Å². The lowest BCUT2D eigenvalue weighted by Crippen LogP contribution is -2.37. The molecule has 0 unspecified atom stereocenters. The lowest BCUT2D eigenvalue weighted by molar-refractivity contribution is -0.123. The van der Waals surface area contributed by atoms with Gasteiger partial charge in [-0.3, -0.25) is 9.79 Å². The number of benzene rings is 1. The van der Waals surface area contributed by atoms with Gasteiger partial charge in [0.1, 0.15) is 5.75 Å². The summed E-state index contributed by atoms with van der Waals surface area (Å²) in [7, 11) is 0. The molecule has 1 aliphatic carbocycles. The highest BCUT2D eigenvalue weighted by Crippen LogP contribution is 2.18. The first-order chi connectivity index (χ1) is 11.6. The fourth-order valence-electron chi connectivity index (χ4n) is 2.35. The zero-order valence-corrected chi connectivity index (χ0v) is 17.4. The van der Waals surface area contributed by atoms with Gasteiger partial charge < -0.3 is 20.7 Å². The van der Waals surface area contributed by atoms with E-state index >= 15 is 0 Å². The lowest BCUT2D eigenvalue weighted by Gasteiger charge is -2.19. The van der Waals surface area contributed by atoms with Crippen LogP contribution in [-0.4, -0.2) is 49.0 Å². The largest absolute Gasteiger partial charge is 0.484 e. The van der Waals surface area contributed by atoms with Crippen LogP contribution >= 0.6 is 24.0 Å². The standard InChI is InChI=1S/C18H28N4O2.HI/c1-3-22(4-2)18(19)20-12-11-14-5-9-16(10-6-14)24-13-17(23)21-15-7-8-15;/h5-6,9-10,15H,3-4,7-8,11-13H2,1-2H3,(H2,19,20)(H,21,23);1H. The van der Waals surface area contributed by atoms with Crippen LogP contribution in [0.2, 0.25) is 0 Å². The van der Waals surface area contributed by atoms with E-state index < -0.39 is 0 Å². The van der Waals surface area contributed by atoms with Crippen LogP contribution in [-0.2, 0) is 11.2 Å². The van der Waals surface area contributed by atoms with Crippen molar-refractivity contribution in [3.05, 3.63) is 29.8 Å². The van der Waals surface area contributed by atoms with Gasteiger partial charge in [-0.15, -0.1) is 24.0 Å². The van der Waals surface area contributed by atoms with Crippen LogP contribution in [0.5, 0.6) is 5.75 Å². The van der Waals surface area contributed by atoms with E-state index in [0.717, 1.165) is 32.4 Å². The molecule has 1 aliphatic rings. The molecule has 140 valence electrons. The molecule has 1 saturated carbocycles. The van der Waals surface area contributed by atoms with Crippen LogP contribution in [0, 0.1) is 0 Å². The van der Waals surface area contributed by atoms with E-state index in [0.29, 0.717) is 24.3 Å². The lowest BCUT2D eigenvalue weighted by atomic mass is 10.1. The summed E-state index contributed by atoms with van der Waals surface area (Å²) in [6.07, 6.45) is 2.99. The topological polar surface area (TPSA) is 79.9 Å². The minimum absolute atomic E-state index is 0. The quantitative estimate of drug-likeness (QED) is 0.336. The molecule has 1 amide bonds. The molecule has 0 spiro atoms. The van der Waals surface area contributed by atoms with Gasteiger partial charge in [-0.2, -0.15) is 0 Å². The molecule has 0 aliphatic heterocycles. The fraction of sp³-hybridized carbons (Fsp3) is 0.556. The summed E-state index contributed by atoms with van der Waals surface area (Å²) >= 11 is 0. The number of hydrogen-bond acceptors (Lipinski definition) is 3. The maximum atomic E-state index is 11.6. The Morgan fingerprint density at radius 3 is 2.48 bits per heavy atom. The van der Waals surface area contributed by atoms with E-state index in [9.17, 15) is 4.79 Å². The molecule has 0 saturated heterocycles.